The Hall–Kier alpha value is -1.00. The van der Waals surface area contributed by atoms with Gasteiger partial charge in [0.1, 0.15) is 6.33 Å². The first-order chi connectivity index (χ1) is 7.84. The lowest BCUT2D eigenvalue weighted by Gasteiger charge is -2.10. The molecule has 16 heavy (non-hydrogen) atoms. The highest BCUT2D eigenvalue weighted by Gasteiger charge is 2.20. The van der Waals surface area contributed by atoms with Gasteiger partial charge in [0.25, 0.3) is 0 Å². The van der Waals surface area contributed by atoms with Crippen molar-refractivity contribution in [3.8, 4) is 0 Å². The molecule has 1 aromatic carbocycles. The van der Waals surface area contributed by atoms with Crippen molar-refractivity contribution >= 4 is 26.8 Å². The van der Waals surface area contributed by atoms with E-state index in [-0.39, 0.29) is 0 Å². The summed E-state index contributed by atoms with van der Waals surface area (Å²) in [6, 6.07) is 6.20. The third-order valence-corrected chi connectivity index (χ3v) is 3.57. The van der Waals surface area contributed by atoms with E-state index in [4.69, 9.17) is 0 Å². The van der Waals surface area contributed by atoms with Crippen LogP contribution in [0.1, 0.15) is 18.0 Å². The highest BCUT2D eigenvalue weighted by Crippen LogP contribution is 2.27. The van der Waals surface area contributed by atoms with E-state index in [0.717, 1.165) is 23.1 Å². The number of aromatic nitrogens is 2. The average molecular weight is 278 g/mol. The Bertz CT molecular complexity index is 521. The fourth-order valence-corrected chi connectivity index (χ4v) is 2.61. The molecule has 1 unspecified atom stereocenters. The van der Waals surface area contributed by atoms with Gasteiger partial charge in [0.2, 0.25) is 0 Å². The lowest BCUT2D eigenvalue weighted by molar-refractivity contribution is 0.740. The van der Waals surface area contributed by atoms with E-state index in [2.05, 4.69) is 43.3 Å². The molecular formula is C12H12BrN3. The zero-order valence-corrected chi connectivity index (χ0v) is 10.4. The maximum atomic E-state index is 4.45. The molecule has 0 saturated carbocycles. The standard InChI is InChI=1S/C12H12BrN3/c13-9-1-2-10-11(5-9)15-7-16-12(10)8-3-4-14-6-8/h1-2,5,7-8,14H,3-4,6H2. The number of halogens is 1. The van der Waals surface area contributed by atoms with Gasteiger partial charge in [0, 0.05) is 22.3 Å². The summed E-state index contributed by atoms with van der Waals surface area (Å²) in [6.07, 6.45) is 2.84. The van der Waals surface area contributed by atoms with Crippen molar-refractivity contribution in [3.63, 3.8) is 0 Å². The van der Waals surface area contributed by atoms with Crippen LogP contribution in [0.15, 0.2) is 29.0 Å². The Morgan fingerprint density at radius 2 is 2.25 bits per heavy atom. The summed E-state index contributed by atoms with van der Waals surface area (Å²) in [6.45, 7) is 2.12. The van der Waals surface area contributed by atoms with Crippen molar-refractivity contribution in [2.24, 2.45) is 0 Å². The Labute approximate surface area is 102 Å². The highest BCUT2D eigenvalue weighted by molar-refractivity contribution is 9.10. The molecule has 1 aromatic heterocycles. The van der Waals surface area contributed by atoms with Gasteiger partial charge in [-0.1, -0.05) is 15.9 Å². The molecule has 0 radical (unpaired) electrons. The first kappa shape index (κ1) is 10.2. The van der Waals surface area contributed by atoms with Crippen molar-refractivity contribution in [1.29, 1.82) is 0 Å². The topological polar surface area (TPSA) is 37.8 Å². The summed E-state index contributed by atoms with van der Waals surface area (Å²) >= 11 is 3.47. The minimum atomic E-state index is 0.534. The molecule has 2 heterocycles. The van der Waals surface area contributed by atoms with Gasteiger partial charge in [0.05, 0.1) is 11.2 Å². The smallest absolute Gasteiger partial charge is 0.116 e. The zero-order valence-electron chi connectivity index (χ0n) is 8.78. The molecule has 0 bridgehead atoms. The number of benzene rings is 1. The van der Waals surface area contributed by atoms with E-state index in [0.29, 0.717) is 5.92 Å². The van der Waals surface area contributed by atoms with Crippen LogP contribution in [0.2, 0.25) is 0 Å². The Morgan fingerprint density at radius 1 is 1.31 bits per heavy atom. The quantitative estimate of drug-likeness (QED) is 0.870. The van der Waals surface area contributed by atoms with Crippen LogP contribution in [0.25, 0.3) is 10.9 Å². The van der Waals surface area contributed by atoms with Gasteiger partial charge in [-0.3, -0.25) is 0 Å². The van der Waals surface area contributed by atoms with E-state index < -0.39 is 0 Å². The first-order valence-electron chi connectivity index (χ1n) is 5.45. The van der Waals surface area contributed by atoms with Crippen LogP contribution < -0.4 is 5.32 Å². The Kier molecular flexibility index (Phi) is 2.61. The molecular weight excluding hydrogens is 266 g/mol. The van der Waals surface area contributed by atoms with E-state index in [9.17, 15) is 0 Å². The fraction of sp³-hybridized carbons (Fsp3) is 0.333. The molecule has 4 heteroatoms. The van der Waals surface area contributed by atoms with Crippen LogP contribution in [-0.4, -0.2) is 23.1 Å². The molecule has 1 aliphatic rings. The van der Waals surface area contributed by atoms with Gasteiger partial charge in [-0.25, -0.2) is 9.97 Å². The van der Waals surface area contributed by atoms with Crippen LogP contribution in [0.3, 0.4) is 0 Å². The largest absolute Gasteiger partial charge is 0.316 e. The summed E-state index contributed by atoms with van der Waals surface area (Å²) in [5, 5.41) is 4.56. The highest BCUT2D eigenvalue weighted by atomic mass is 79.9. The van der Waals surface area contributed by atoms with Gasteiger partial charge in [-0.15, -0.1) is 0 Å². The first-order valence-corrected chi connectivity index (χ1v) is 6.25. The normalized spacial score (nSPS) is 20.4. The molecule has 0 aliphatic carbocycles. The van der Waals surface area contributed by atoms with Crippen molar-refractivity contribution in [2.45, 2.75) is 12.3 Å². The molecule has 1 N–H and O–H groups in total. The van der Waals surface area contributed by atoms with Crippen LogP contribution >= 0.6 is 15.9 Å². The lowest BCUT2D eigenvalue weighted by Crippen LogP contribution is -2.09. The Morgan fingerprint density at radius 3 is 3.06 bits per heavy atom. The number of nitrogens with zero attached hydrogens (tertiary/aromatic N) is 2. The van der Waals surface area contributed by atoms with Crippen LogP contribution in [0.4, 0.5) is 0 Å². The van der Waals surface area contributed by atoms with Crippen molar-refractivity contribution in [3.05, 3.63) is 34.7 Å². The van der Waals surface area contributed by atoms with E-state index in [1.165, 1.54) is 17.5 Å². The molecule has 0 spiro atoms. The summed E-state index contributed by atoms with van der Waals surface area (Å²) in [5.41, 5.74) is 2.20. The van der Waals surface area contributed by atoms with Crippen molar-refractivity contribution in [2.75, 3.05) is 13.1 Å². The molecule has 1 aliphatic heterocycles. The van der Waals surface area contributed by atoms with E-state index in [1.807, 2.05) is 6.07 Å². The second-order valence-corrected chi connectivity index (χ2v) is 5.03. The SMILES string of the molecule is Brc1ccc2c(C3CCNC3)ncnc2c1. The molecule has 1 atom stereocenters. The summed E-state index contributed by atoms with van der Waals surface area (Å²) in [5.74, 6) is 0.534. The van der Waals surface area contributed by atoms with Crippen molar-refractivity contribution < 1.29 is 0 Å². The van der Waals surface area contributed by atoms with Crippen molar-refractivity contribution in [1.82, 2.24) is 15.3 Å². The number of fused-ring (bicyclic) bond motifs is 1. The zero-order chi connectivity index (χ0) is 11.0. The maximum Gasteiger partial charge on any atom is 0.116 e. The molecule has 82 valence electrons. The molecule has 3 rings (SSSR count). The predicted molar refractivity (Wildman–Crippen MR) is 67.5 cm³/mol. The van der Waals surface area contributed by atoms with Crippen LogP contribution in [0.5, 0.6) is 0 Å². The van der Waals surface area contributed by atoms with Gasteiger partial charge in [-0.2, -0.15) is 0 Å². The third-order valence-electron chi connectivity index (χ3n) is 3.08. The number of hydrogen-bond acceptors (Lipinski definition) is 3. The summed E-state index contributed by atoms with van der Waals surface area (Å²) < 4.78 is 1.06. The Balaban J connectivity index is 2.16. The minimum absolute atomic E-state index is 0.534. The molecule has 2 aromatic rings. The summed E-state index contributed by atoms with van der Waals surface area (Å²) in [4.78, 5) is 8.76. The molecule has 3 nitrogen and oxygen atoms in total. The second-order valence-electron chi connectivity index (χ2n) is 4.11. The van der Waals surface area contributed by atoms with Gasteiger partial charge < -0.3 is 5.32 Å². The molecule has 1 fully saturated rings. The summed E-state index contributed by atoms with van der Waals surface area (Å²) in [7, 11) is 0. The van der Waals surface area contributed by atoms with E-state index >= 15 is 0 Å². The van der Waals surface area contributed by atoms with Crippen LogP contribution in [0, 0.1) is 0 Å². The lowest BCUT2D eigenvalue weighted by atomic mass is 10.0. The average Bonchev–Trinajstić information content (AvgIpc) is 2.81. The maximum absolute atomic E-state index is 4.45. The fourth-order valence-electron chi connectivity index (χ4n) is 2.26. The van der Waals surface area contributed by atoms with Gasteiger partial charge in [-0.05, 0) is 31.2 Å². The predicted octanol–water partition coefficient (Wildman–Crippen LogP) is 2.47. The third kappa shape index (κ3) is 1.72. The van der Waals surface area contributed by atoms with Gasteiger partial charge in [0.15, 0.2) is 0 Å². The monoisotopic (exact) mass is 277 g/mol. The van der Waals surface area contributed by atoms with Gasteiger partial charge >= 0.3 is 0 Å². The number of rotatable bonds is 1. The van der Waals surface area contributed by atoms with Crippen LogP contribution in [-0.2, 0) is 0 Å². The minimum Gasteiger partial charge on any atom is -0.316 e. The number of nitrogens with one attached hydrogen (secondary N) is 1. The van der Waals surface area contributed by atoms with E-state index in [1.54, 1.807) is 6.33 Å². The second kappa shape index (κ2) is 4.11. The molecule has 0 amide bonds. The molecule has 1 saturated heterocycles. The number of hydrogen-bond donors (Lipinski definition) is 1.